The zero-order valence-corrected chi connectivity index (χ0v) is 12.0. The molecule has 0 radical (unpaired) electrons. The minimum atomic E-state index is 0.294. The van der Waals surface area contributed by atoms with E-state index >= 15 is 0 Å². The molecule has 4 nitrogen and oxygen atoms in total. The molecule has 0 bridgehead atoms. The normalized spacial score (nSPS) is 23.0. The molecule has 18 heavy (non-hydrogen) atoms. The van der Waals surface area contributed by atoms with E-state index in [0.717, 1.165) is 37.6 Å². The topological polar surface area (TPSA) is 41.3 Å². The van der Waals surface area contributed by atoms with E-state index in [2.05, 4.69) is 36.1 Å². The Labute approximate surface area is 110 Å². The van der Waals surface area contributed by atoms with Gasteiger partial charge in [0.15, 0.2) is 0 Å². The van der Waals surface area contributed by atoms with Gasteiger partial charge in [0.2, 0.25) is 0 Å². The SMILES string of the molecule is Cc1cc(CN2CCCNC(C(C)(C)C)C2)no1. The van der Waals surface area contributed by atoms with Gasteiger partial charge in [-0.15, -0.1) is 0 Å². The second-order valence-electron chi connectivity index (χ2n) is 6.39. The van der Waals surface area contributed by atoms with Crippen LogP contribution in [0.1, 0.15) is 38.6 Å². The summed E-state index contributed by atoms with van der Waals surface area (Å²) in [6.07, 6.45) is 1.20. The highest BCUT2D eigenvalue weighted by molar-refractivity contribution is 5.03. The zero-order chi connectivity index (χ0) is 13.2. The summed E-state index contributed by atoms with van der Waals surface area (Å²) in [7, 11) is 0. The van der Waals surface area contributed by atoms with Crippen LogP contribution in [0.25, 0.3) is 0 Å². The maximum absolute atomic E-state index is 5.14. The van der Waals surface area contributed by atoms with Gasteiger partial charge in [-0.3, -0.25) is 4.90 Å². The Kier molecular flexibility index (Phi) is 4.07. The molecule has 1 aliphatic rings. The van der Waals surface area contributed by atoms with Gasteiger partial charge in [-0.1, -0.05) is 25.9 Å². The summed E-state index contributed by atoms with van der Waals surface area (Å²) in [5.41, 5.74) is 1.34. The molecular weight excluding hydrogens is 226 g/mol. The summed E-state index contributed by atoms with van der Waals surface area (Å²) in [6.45, 7) is 13.1. The van der Waals surface area contributed by atoms with Crippen LogP contribution in [0, 0.1) is 12.3 Å². The molecule has 1 saturated heterocycles. The van der Waals surface area contributed by atoms with E-state index in [9.17, 15) is 0 Å². The second-order valence-corrected chi connectivity index (χ2v) is 6.39. The average Bonchev–Trinajstić information content (AvgIpc) is 2.53. The van der Waals surface area contributed by atoms with Crippen LogP contribution in [0.15, 0.2) is 10.6 Å². The highest BCUT2D eigenvalue weighted by Gasteiger charge is 2.28. The van der Waals surface area contributed by atoms with Crippen molar-refractivity contribution in [1.82, 2.24) is 15.4 Å². The molecule has 2 rings (SSSR count). The summed E-state index contributed by atoms with van der Waals surface area (Å²) in [5, 5.41) is 7.75. The predicted octanol–water partition coefficient (Wildman–Crippen LogP) is 2.19. The van der Waals surface area contributed by atoms with Gasteiger partial charge in [0.1, 0.15) is 5.76 Å². The van der Waals surface area contributed by atoms with Crippen LogP contribution >= 0.6 is 0 Å². The summed E-state index contributed by atoms with van der Waals surface area (Å²) >= 11 is 0. The highest BCUT2D eigenvalue weighted by atomic mass is 16.5. The Balaban J connectivity index is 1.99. The van der Waals surface area contributed by atoms with Gasteiger partial charge in [0.25, 0.3) is 0 Å². The molecule has 4 heteroatoms. The molecule has 1 aliphatic heterocycles. The Hall–Kier alpha value is -0.870. The molecule has 1 aromatic rings. The number of nitrogens with one attached hydrogen (secondary N) is 1. The number of aryl methyl sites for hydroxylation is 1. The van der Waals surface area contributed by atoms with Gasteiger partial charge in [-0.2, -0.15) is 0 Å². The van der Waals surface area contributed by atoms with Crippen LogP contribution < -0.4 is 5.32 Å². The fourth-order valence-electron chi connectivity index (χ4n) is 2.44. The molecule has 0 amide bonds. The van der Waals surface area contributed by atoms with Gasteiger partial charge in [-0.25, -0.2) is 0 Å². The van der Waals surface area contributed by atoms with Crippen LogP contribution in [0.4, 0.5) is 0 Å². The lowest BCUT2D eigenvalue weighted by atomic mass is 9.86. The first kappa shape index (κ1) is 13.6. The van der Waals surface area contributed by atoms with Crippen molar-refractivity contribution in [3.8, 4) is 0 Å². The fourth-order valence-corrected chi connectivity index (χ4v) is 2.44. The summed E-state index contributed by atoms with van der Waals surface area (Å²) in [5.74, 6) is 0.894. The number of rotatable bonds is 2. The molecule has 1 atom stereocenters. The largest absolute Gasteiger partial charge is 0.361 e. The molecule has 0 saturated carbocycles. The van der Waals surface area contributed by atoms with Gasteiger partial charge < -0.3 is 9.84 Å². The highest BCUT2D eigenvalue weighted by Crippen LogP contribution is 2.22. The van der Waals surface area contributed by atoms with E-state index in [1.807, 2.05) is 13.0 Å². The number of hydrogen-bond donors (Lipinski definition) is 1. The van der Waals surface area contributed by atoms with Gasteiger partial charge in [0.05, 0.1) is 5.69 Å². The minimum Gasteiger partial charge on any atom is -0.361 e. The minimum absolute atomic E-state index is 0.294. The monoisotopic (exact) mass is 251 g/mol. The van der Waals surface area contributed by atoms with Crippen molar-refractivity contribution >= 4 is 0 Å². The maximum atomic E-state index is 5.14. The van der Waals surface area contributed by atoms with Crippen LogP contribution in [0.3, 0.4) is 0 Å². The van der Waals surface area contributed by atoms with E-state index in [-0.39, 0.29) is 0 Å². The molecular formula is C14H25N3O. The van der Waals surface area contributed by atoms with E-state index in [1.54, 1.807) is 0 Å². The first-order chi connectivity index (χ1) is 8.45. The fraction of sp³-hybridized carbons (Fsp3) is 0.786. The molecule has 1 N–H and O–H groups in total. The Morgan fingerprint density at radius 3 is 2.89 bits per heavy atom. The molecule has 0 spiro atoms. The molecule has 102 valence electrons. The third-order valence-electron chi connectivity index (χ3n) is 3.59. The van der Waals surface area contributed by atoms with Crippen molar-refractivity contribution in [2.24, 2.45) is 5.41 Å². The van der Waals surface area contributed by atoms with E-state index in [4.69, 9.17) is 4.52 Å². The van der Waals surface area contributed by atoms with Crippen molar-refractivity contribution in [2.45, 2.75) is 46.7 Å². The summed E-state index contributed by atoms with van der Waals surface area (Å²) in [6, 6.07) is 2.57. The summed E-state index contributed by atoms with van der Waals surface area (Å²) < 4.78 is 5.14. The number of hydrogen-bond acceptors (Lipinski definition) is 4. The molecule has 1 aromatic heterocycles. The summed E-state index contributed by atoms with van der Waals surface area (Å²) in [4.78, 5) is 2.48. The van der Waals surface area contributed by atoms with Crippen molar-refractivity contribution in [3.05, 3.63) is 17.5 Å². The molecule has 1 fully saturated rings. The third kappa shape index (κ3) is 3.56. The molecule has 0 aromatic carbocycles. The molecule has 2 heterocycles. The lowest BCUT2D eigenvalue weighted by Crippen LogP contribution is -2.46. The van der Waals surface area contributed by atoms with Gasteiger partial charge in [0, 0.05) is 25.2 Å². The number of aromatic nitrogens is 1. The second kappa shape index (κ2) is 5.41. The van der Waals surface area contributed by atoms with Crippen molar-refractivity contribution in [1.29, 1.82) is 0 Å². The maximum Gasteiger partial charge on any atom is 0.133 e. The lowest BCUT2D eigenvalue weighted by molar-refractivity contribution is 0.189. The first-order valence-corrected chi connectivity index (χ1v) is 6.83. The molecule has 0 aliphatic carbocycles. The van der Waals surface area contributed by atoms with Crippen molar-refractivity contribution in [2.75, 3.05) is 19.6 Å². The van der Waals surface area contributed by atoms with E-state index in [1.165, 1.54) is 6.42 Å². The van der Waals surface area contributed by atoms with Crippen LogP contribution in [-0.2, 0) is 6.54 Å². The first-order valence-electron chi connectivity index (χ1n) is 6.83. The Morgan fingerprint density at radius 2 is 2.28 bits per heavy atom. The Bertz CT molecular complexity index is 381. The predicted molar refractivity (Wildman–Crippen MR) is 72.4 cm³/mol. The Morgan fingerprint density at radius 1 is 1.50 bits per heavy atom. The standard InChI is InChI=1S/C14H25N3O/c1-11-8-12(16-18-11)9-17-7-5-6-15-13(10-17)14(2,3)4/h8,13,15H,5-7,9-10H2,1-4H3. The van der Waals surface area contributed by atoms with Gasteiger partial charge in [-0.05, 0) is 31.8 Å². The average molecular weight is 251 g/mol. The van der Waals surface area contributed by atoms with E-state index in [0.29, 0.717) is 11.5 Å². The zero-order valence-electron chi connectivity index (χ0n) is 12.0. The van der Waals surface area contributed by atoms with Gasteiger partial charge >= 0.3 is 0 Å². The van der Waals surface area contributed by atoms with Crippen LogP contribution in [-0.4, -0.2) is 35.7 Å². The smallest absolute Gasteiger partial charge is 0.133 e. The third-order valence-corrected chi connectivity index (χ3v) is 3.59. The van der Waals surface area contributed by atoms with Crippen molar-refractivity contribution in [3.63, 3.8) is 0 Å². The van der Waals surface area contributed by atoms with Crippen molar-refractivity contribution < 1.29 is 4.52 Å². The quantitative estimate of drug-likeness (QED) is 0.875. The van der Waals surface area contributed by atoms with E-state index < -0.39 is 0 Å². The van der Waals surface area contributed by atoms with Crippen LogP contribution in [0.5, 0.6) is 0 Å². The lowest BCUT2D eigenvalue weighted by Gasteiger charge is -2.33. The molecule has 1 unspecified atom stereocenters. The number of nitrogens with zero attached hydrogens (tertiary/aromatic N) is 2. The van der Waals surface area contributed by atoms with Crippen LogP contribution in [0.2, 0.25) is 0 Å².